The molecule has 178 valence electrons. The lowest BCUT2D eigenvalue weighted by Gasteiger charge is -2.37. The fourth-order valence-electron chi connectivity index (χ4n) is 4.57. The third kappa shape index (κ3) is 5.01. The smallest absolute Gasteiger partial charge is 0.257 e. The Morgan fingerprint density at radius 3 is 2.55 bits per heavy atom. The summed E-state index contributed by atoms with van der Waals surface area (Å²) in [5, 5.41) is 0. The molecule has 1 N–H and O–H groups in total. The highest BCUT2D eigenvalue weighted by atomic mass is 32.2. The number of methoxy groups -OCH3 is 1. The Bertz CT molecular complexity index is 1140. The van der Waals surface area contributed by atoms with Crippen molar-refractivity contribution in [3.63, 3.8) is 0 Å². The van der Waals surface area contributed by atoms with E-state index in [1.54, 1.807) is 11.0 Å². The number of nitrogens with zero attached hydrogens (tertiary/aromatic N) is 1. The van der Waals surface area contributed by atoms with Gasteiger partial charge in [0.2, 0.25) is 10.0 Å². The minimum atomic E-state index is -3.91. The number of carbonyl (C=O) groups is 1. The summed E-state index contributed by atoms with van der Waals surface area (Å²) < 4.78 is 41.0. The molecule has 0 saturated carbocycles. The van der Waals surface area contributed by atoms with Gasteiger partial charge in [0.25, 0.3) is 5.91 Å². The van der Waals surface area contributed by atoms with Crippen LogP contribution in [-0.4, -0.2) is 45.0 Å². The standard InChI is InChI=1S/C25H32N2O5S/c1-17-11-13-27(14-12-17)24(28)20-15-18(9-10-22(20)31-4)33(29,30)26-21-16-25(2,3)32-23-8-6-5-7-19(21)23/h5-10,15,17,21,26H,11-14,16H2,1-4H3. The molecule has 0 bridgehead atoms. The third-order valence-electron chi connectivity index (χ3n) is 6.46. The van der Waals surface area contributed by atoms with E-state index in [1.165, 1.54) is 19.2 Å². The molecule has 2 aromatic rings. The molecule has 2 heterocycles. The summed E-state index contributed by atoms with van der Waals surface area (Å²) in [5.41, 5.74) is 0.545. The van der Waals surface area contributed by atoms with Gasteiger partial charge >= 0.3 is 0 Å². The topological polar surface area (TPSA) is 84.9 Å². The van der Waals surface area contributed by atoms with Gasteiger partial charge in [-0.3, -0.25) is 4.79 Å². The summed E-state index contributed by atoms with van der Waals surface area (Å²) >= 11 is 0. The van der Waals surface area contributed by atoms with Crippen molar-refractivity contribution in [3.05, 3.63) is 53.6 Å². The molecule has 2 aliphatic rings. The summed E-state index contributed by atoms with van der Waals surface area (Å²) in [6.45, 7) is 7.37. The van der Waals surface area contributed by atoms with Crippen molar-refractivity contribution in [2.24, 2.45) is 5.92 Å². The first-order valence-electron chi connectivity index (χ1n) is 11.4. The zero-order valence-electron chi connectivity index (χ0n) is 19.6. The van der Waals surface area contributed by atoms with E-state index in [0.717, 1.165) is 18.4 Å². The van der Waals surface area contributed by atoms with E-state index >= 15 is 0 Å². The number of carbonyl (C=O) groups excluding carboxylic acids is 1. The largest absolute Gasteiger partial charge is 0.496 e. The van der Waals surface area contributed by atoms with Gasteiger partial charge in [-0.25, -0.2) is 13.1 Å². The lowest BCUT2D eigenvalue weighted by atomic mass is 9.90. The zero-order valence-corrected chi connectivity index (χ0v) is 20.4. The Morgan fingerprint density at radius 2 is 1.85 bits per heavy atom. The molecule has 33 heavy (non-hydrogen) atoms. The van der Waals surface area contributed by atoms with Gasteiger partial charge in [0.15, 0.2) is 0 Å². The minimum absolute atomic E-state index is 0.0406. The van der Waals surface area contributed by atoms with Crippen LogP contribution < -0.4 is 14.2 Å². The normalized spacial score (nSPS) is 20.6. The molecule has 0 aromatic heterocycles. The summed E-state index contributed by atoms with van der Waals surface area (Å²) in [5.74, 6) is 1.42. The van der Waals surface area contributed by atoms with Gasteiger partial charge in [0.05, 0.1) is 23.6 Å². The van der Waals surface area contributed by atoms with E-state index in [-0.39, 0.29) is 16.4 Å². The van der Waals surface area contributed by atoms with Crippen molar-refractivity contribution in [1.29, 1.82) is 0 Å². The van der Waals surface area contributed by atoms with Crippen molar-refractivity contribution < 1.29 is 22.7 Å². The van der Waals surface area contributed by atoms with E-state index in [0.29, 0.717) is 36.9 Å². The van der Waals surface area contributed by atoms with Crippen molar-refractivity contribution in [2.45, 2.75) is 56.6 Å². The van der Waals surface area contributed by atoms with Crippen LogP contribution in [0.3, 0.4) is 0 Å². The maximum atomic E-state index is 13.4. The Kier molecular flexibility index (Phi) is 6.42. The lowest BCUT2D eigenvalue weighted by Crippen LogP contribution is -2.41. The number of likely N-dealkylation sites (tertiary alicyclic amines) is 1. The van der Waals surface area contributed by atoms with Crippen LogP contribution in [0.15, 0.2) is 47.4 Å². The van der Waals surface area contributed by atoms with Crippen LogP contribution in [0.2, 0.25) is 0 Å². The average molecular weight is 473 g/mol. The average Bonchev–Trinajstić information content (AvgIpc) is 2.77. The first-order valence-corrected chi connectivity index (χ1v) is 12.9. The fraction of sp³-hybridized carbons (Fsp3) is 0.480. The van der Waals surface area contributed by atoms with Crippen LogP contribution in [0.25, 0.3) is 0 Å². The molecule has 8 heteroatoms. The molecule has 0 radical (unpaired) electrons. The molecular formula is C25H32N2O5S. The summed E-state index contributed by atoms with van der Waals surface area (Å²) in [4.78, 5) is 15.0. The van der Waals surface area contributed by atoms with Gasteiger partial charge in [-0.05, 0) is 56.9 Å². The predicted molar refractivity (Wildman–Crippen MR) is 126 cm³/mol. The number of sulfonamides is 1. The quantitative estimate of drug-likeness (QED) is 0.707. The maximum Gasteiger partial charge on any atom is 0.257 e. The molecule has 4 rings (SSSR count). The second kappa shape index (κ2) is 8.99. The van der Waals surface area contributed by atoms with Crippen molar-refractivity contribution in [3.8, 4) is 11.5 Å². The number of ether oxygens (including phenoxy) is 2. The second-order valence-electron chi connectivity index (χ2n) is 9.61. The van der Waals surface area contributed by atoms with Crippen LogP contribution in [0.4, 0.5) is 0 Å². The Labute approximate surface area is 196 Å². The third-order valence-corrected chi connectivity index (χ3v) is 7.93. The second-order valence-corrected chi connectivity index (χ2v) is 11.3. The number of hydrogen-bond acceptors (Lipinski definition) is 5. The number of para-hydroxylation sites is 1. The van der Waals surface area contributed by atoms with Gasteiger partial charge in [0.1, 0.15) is 17.1 Å². The molecule has 0 spiro atoms. The molecule has 1 fully saturated rings. The van der Waals surface area contributed by atoms with Gasteiger partial charge in [0, 0.05) is 25.1 Å². The Morgan fingerprint density at radius 1 is 1.15 bits per heavy atom. The minimum Gasteiger partial charge on any atom is -0.496 e. The van der Waals surface area contributed by atoms with E-state index in [4.69, 9.17) is 9.47 Å². The predicted octanol–water partition coefficient (Wildman–Crippen LogP) is 4.15. The van der Waals surface area contributed by atoms with Crippen molar-refractivity contribution >= 4 is 15.9 Å². The highest BCUT2D eigenvalue weighted by Crippen LogP contribution is 2.40. The van der Waals surface area contributed by atoms with Gasteiger partial charge in [-0.15, -0.1) is 0 Å². The van der Waals surface area contributed by atoms with Gasteiger partial charge in [-0.1, -0.05) is 25.1 Å². The molecular weight excluding hydrogens is 440 g/mol. The van der Waals surface area contributed by atoms with Crippen LogP contribution in [-0.2, 0) is 10.0 Å². The molecule has 1 amide bonds. The van der Waals surface area contributed by atoms with Crippen LogP contribution in [0, 0.1) is 5.92 Å². The van der Waals surface area contributed by atoms with Crippen LogP contribution in [0.5, 0.6) is 11.5 Å². The van der Waals surface area contributed by atoms with Crippen LogP contribution >= 0.6 is 0 Å². The molecule has 1 atom stereocenters. The number of benzene rings is 2. The summed E-state index contributed by atoms with van der Waals surface area (Å²) in [7, 11) is -2.42. The van der Waals surface area contributed by atoms with E-state index in [1.807, 2.05) is 38.1 Å². The molecule has 2 aliphatic heterocycles. The first kappa shape index (κ1) is 23.6. The number of hydrogen-bond donors (Lipinski definition) is 1. The molecule has 0 aliphatic carbocycles. The SMILES string of the molecule is COc1ccc(S(=O)(=O)NC2CC(C)(C)Oc3ccccc32)cc1C(=O)N1CCC(C)CC1. The summed E-state index contributed by atoms with van der Waals surface area (Å²) in [6.07, 6.45) is 2.36. The van der Waals surface area contributed by atoms with Gasteiger partial charge in [-0.2, -0.15) is 0 Å². The monoisotopic (exact) mass is 472 g/mol. The lowest BCUT2D eigenvalue weighted by molar-refractivity contribution is 0.0691. The molecule has 7 nitrogen and oxygen atoms in total. The van der Waals surface area contributed by atoms with Crippen LogP contribution in [0.1, 0.15) is 62.0 Å². The highest BCUT2D eigenvalue weighted by molar-refractivity contribution is 7.89. The number of fused-ring (bicyclic) bond motifs is 1. The maximum absolute atomic E-state index is 13.4. The fourth-order valence-corrected chi connectivity index (χ4v) is 5.81. The first-order chi connectivity index (χ1) is 15.6. The number of piperidine rings is 1. The van der Waals surface area contributed by atoms with E-state index in [9.17, 15) is 13.2 Å². The van der Waals surface area contributed by atoms with Gasteiger partial charge < -0.3 is 14.4 Å². The molecule has 1 saturated heterocycles. The molecule has 1 unspecified atom stereocenters. The molecule has 2 aromatic carbocycles. The van der Waals surface area contributed by atoms with Crippen molar-refractivity contribution in [2.75, 3.05) is 20.2 Å². The Balaban J connectivity index is 1.63. The zero-order chi connectivity index (χ0) is 23.8. The Hall–Kier alpha value is -2.58. The van der Waals surface area contributed by atoms with E-state index < -0.39 is 21.7 Å². The number of nitrogens with one attached hydrogen (secondary N) is 1. The number of amides is 1. The summed E-state index contributed by atoms with van der Waals surface area (Å²) in [6, 6.07) is 11.5. The number of rotatable bonds is 5. The van der Waals surface area contributed by atoms with E-state index in [2.05, 4.69) is 11.6 Å². The highest BCUT2D eigenvalue weighted by Gasteiger charge is 2.36. The van der Waals surface area contributed by atoms with Crippen molar-refractivity contribution in [1.82, 2.24) is 9.62 Å².